The van der Waals surface area contributed by atoms with Gasteiger partial charge in [-0.3, -0.25) is 4.98 Å². The number of nitrogens with zero attached hydrogens (tertiary/aromatic N) is 3. The topological polar surface area (TPSA) is 77.8 Å². The van der Waals surface area contributed by atoms with Crippen molar-refractivity contribution in [2.45, 2.75) is 13.8 Å². The number of anilines is 1. The van der Waals surface area contributed by atoms with Crippen molar-refractivity contribution in [1.82, 2.24) is 15.1 Å². The first-order valence-electron chi connectivity index (χ1n) is 6.38. The second-order valence-corrected chi connectivity index (χ2v) is 5.21. The van der Waals surface area contributed by atoms with E-state index in [1.807, 2.05) is 26.0 Å². The van der Waals surface area contributed by atoms with Crippen LogP contribution in [0.3, 0.4) is 0 Å². The summed E-state index contributed by atoms with van der Waals surface area (Å²) in [6, 6.07) is 8.95. The van der Waals surface area contributed by atoms with Crippen LogP contribution in [0.2, 0.25) is 5.02 Å². The Balaban J connectivity index is 2.05. The predicted octanol–water partition coefficient (Wildman–Crippen LogP) is 3.65. The van der Waals surface area contributed by atoms with E-state index >= 15 is 0 Å². The van der Waals surface area contributed by atoms with Crippen molar-refractivity contribution >= 4 is 17.3 Å². The van der Waals surface area contributed by atoms with E-state index in [4.69, 9.17) is 21.9 Å². The summed E-state index contributed by atoms with van der Waals surface area (Å²) >= 11 is 6.14. The smallest absolute Gasteiger partial charge is 0.259 e. The first-order valence-corrected chi connectivity index (χ1v) is 6.75. The molecular formula is C15H13ClN4O. The number of hydrogen-bond acceptors (Lipinski definition) is 5. The van der Waals surface area contributed by atoms with E-state index in [-0.39, 0.29) is 0 Å². The first kappa shape index (κ1) is 13.6. The van der Waals surface area contributed by atoms with Gasteiger partial charge < -0.3 is 10.3 Å². The van der Waals surface area contributed by atoms with Crippen molar-refractivity contribution < 1.29 is 4.52 Å². The highest BCUT2D eigenvalue weighted by molar-refractivity contribution is 6.33. The fraction of sp³-hybridized carbons (Fsp3) is 0.133. The van der Waals surface area contributed by atoms with Gasteiger partial charge in [-0.15, -0.1) is 0 Å². The second kappa shape index (κ2) is 5.18. The molecule has 21 heavy (non-hydrogen) atoms. The molecule has 2 aromatic heterocycles. The molecule has 0 aliphatic heterocycles. The van der Waals surface area contributed by atoms with Crippen LogP contribution in [0.1, 0.15) is 11.4 Å². The summed E-state index contributed by atoms with van der Waals surface area (Å²) in [7, 11) is 0. The molecule has 3 rings (SSSR count). The van der Waals surface area contributed by atoms with E-state index in [2.05, 4.69) is 15.1 Å². The number of aromatic nitrogens is 3. The summed E-state index contributed by atoms with van der Waals surface area (Å²) in [6.07, 6.45) is 0. The van der Waals surface area contributed by atoms with Crippen molar-refractivity contribution in [2.75, 3.05) is 5.73 Å². The van der Waals surface area contributed by atoms with E-state index in [1.165, 1.54) is 0 Å². The van der Waals surface area contributed by atoms with Crippen molar-refractivity contribution in [1.29, 1.82) is 0 Å². The van der Waals surface area contributed by atoms with Gasteiger partial charge in [-0.25, -0.2) is 0 Å². The highest BCUT2D eigenvalue weighted by atomic mass is 35.5. The molecule has 0 fully saturated rings. The molecule has 0 saturated heterocycles. The molecule has 0 bridgehead atoms. The van der Waals surface area contributed by atoms with Crippen molar-refractivity contribution in [3.05, 3.63) is 46.7 Å². The van der Waals surface area contributed by atoms with Crippen LogP contribution < -0.4 is 5.73 Å². The zero-order valence-corrected chi connectivity index (χ0v) is 12.3. The molecule has 0 spiro atoms. The van der Waals surface area contributed by atoms with E-state index in [0.29, 0.717) is 28.0 Å². The number of nitrogens with two attached hydrogens (primary N) is 1. The van der Waals surface area contributed by atoms with Gasteiger partial charge >= 0.3 is 0 Å². The van der Waals surface area contributed by atoms with Gasteiger partial charge in [-0.2, -0.15) is 4.98 Å². The maximum absolute atomic E-state index is 6.14. The quantitative estimate of drug-likeness (QED) is 0.731. The number of rotatable bonds is 2. The van der Waals surface area contributed by atoms with Crippen LogP contribution in [0.15, 0.2) is 34.9 Å². The Morgan fingerprint density at radius 3 is 2.48 bits per heavy atom. The number of halogens is 1. The molecule has 2 heterocycles. The minimum atomic E-state index is 0.342. The molecule has 1 aromatic carbocycles. The Hall–Kier alpha value is -2.40. The van der Waals surface area contributed by atoms with Crippen LogP contribution in [0.5, 0.6) is 0 Å². The Kier molecular flexibility index (Phi) is 3.35. The summed E-state index contributed by atoms with van der Waals surface area (Å²) in [4.78, 5) is 8.72. The van der Waals surface area contributed by atoms with Crippen LogP contribution in [-0.4, -0.2) is 15.1 Å². The zero-order chi connectivity index (χ0) is 15.0. The first-order chi connectivity index (χ1) is 10.0. The number of pyridine rings is 1. The predicted molar refractivity (Wildman–Crippen MR) is 81.9 cm³/mol. The average molecular weight is 301 g/mol. The van der Waals surface area contributed by atoms with Gasteiger partial charge in [0.25, 0.3) is 5.89 Å². The molecule has 0 radical (unpaired) electrons. The number of aryl methyl sites for hydroxylation is 2. The number of hydrogen-bond donors (Lipinski definition) is 1. The summed E-state index contributed by atoms with van der Waals surface area (Å²) in [5.74, 6) is 0.839. The van der Waals surface area contributed by atoms with Crippen molar-refractivity contribution in [2.24, 2.45) is 0 Å². The van der Waals surface area contributed by atoms with Crippen LogP contribution in [0, 0.1) is 13.8 Å². The lowest BCUT2D eigenvalue weighted by molar-refractivity contribution is 0.432. The van der Waals surface area contributed by atoms with Crippen molar-refractivity contribution in [3.63, 3.8) is 0 Å². The molecule has 0 aliphatic rings. The van der Waals surface area contributed by atoms with Crippen LogP contribution in [0.25, 0.3) is 22.8 Å². The van der Waals surface area contributed by atoms with Gasteiger partial charge in [-0.1, -0.05) is 16.8 Å². The molecule has 106 valence electrons. The van der Waals surface area contributed by atoms with E-state index in [0.717, 1.165) is 17.0 Å². The molecular weight excluding hydrogens is 288 g/mol. The molecule has 0 atom stereocenters. The van der Waals surface area contributed by atoms with Crippen LogP contribution in [-0.2, 0) is 0 Å². The van der Waals surface area contributed by atoms with Gasteiger partial charge in [0.05, 0.1) is 10.6 Å². The monoisotopic (exact) mass is 300 g/mol. The lowest BCUT2D eigenvalue weighted by atomic mass is 10.2. The molecule has 5 nitrogen and oxygen atoms in total. The fourth-order valence-corrected chi connectivity index (χ4v) is 2.32. The van der Waals surface area contributed by atoms with Crippen LogP contribution >= 0.6 is 11.6 Å². The molecule has 0 amide bonds. The third kappa shape index (κ3) is 2.73. The maximum atomic E-state index is 6.14. The highest BCUT2D eigenvalue weighted by Gasteiger charge is 2.14. The summed E-state index contributed by atoms with van der Waals surface area (Å²) in [6.45, 7) is 3.85. The molecule has 0 saturated carbocycles. The SMILES string of the molecule is Cc1cc(-c2noc(-c3cc(N)ccc3Cl)n2)cc(C)n1. The Morgan fingerprint density at radius 1 is 1.05 bits per heavy atom. The number of benzene rings is 1. The summed E-state index contributed by atoms with van der Waals surface area (Å²) in [5.41, 5.74) is 9.64. The molecule has 6 heteroatoms. The lowest BCUT2D eigenvalue weighted by Crippen LogP contribution is -1.90. The number of nitrogen functional groups attached to an aromatic ring is 1. The fourth-order valence-electron chi connectivity index (χ4n) is 2.12. The zero-order valence-electron chi connectivity index (χ0n) is 11.6. The molecule has 0 aliphatic carbocycles. The highest BCUT2D eigenvalue weighted by Crippen LogP contribution is 2.30. The molecule has 0 unspecified atom stereocenters. The van der Waals surface area contributed by atoms with E-state index in [1.54, 1.807) is 18.2 Å². The van der Waals surface area contributed by atoms with Crippen molar-refractivity contribution in [3.8, 4) is 22.8 Å². The van der Waals surface area contributed by atoms with Crippen LogP contribution in [0.4, 0.5) is 5.69 Å². The molecule has 3 aromatic rings. The van der Waals surface area contributed by atoms with E-state index < -0.39 is 0 Å². The summed E-state index contributed by atoms with van der Waals surface area (Å²) in [5, 5.41) is 4.52. The van der Waals surface area contributed by atoms with Gasteiger partial charge in [0, 0.05) is 22.6 Å². The minimum Gasteiger partial charge on any atom is -0.399 e. The Bertz CT molecular complexity index is 793. The largest absolute Gasteiger partial charge is 0.399 e. The second-order valence-electron chi connectivity index (χ2n) is 4.80. The van der Waals surface area contributed by atoms with E-state index in [9.17, 15) is 0 Å². The van der Waals surface area contributed by atoms with Gasteiger partial charge in [0.2, 0.25) is 5.82 Å². The third-order valence-electron chi connectivity index (χ3n) is 2.99. The normalized spacial score (nSPS) is 10.8. The van der Waals surface area contributed by atoms with Gasteiger partial charge in [0.1, 0.15) is 0 Å². The average Bonchev–Trinajstić information content (AvgIpc) is 2.90. The minimum absolute atomic E-state index is 0.342. The summed E-state index contributed by atoms with van der Waals surface area (Å²) < 4.78 is 5.30. The maximum Gasteiger partial charge on any atom is 0.259 e. The third-order valence-corrected chi connectivity index (χ3v) is 3.32. The van der Waals surface area contributed by atoms with Gasteiger partial charge in [0.15, 0.2) is 0 Å². The Morgan fingerprint density at radius 2 is 1.76 bits per heavy atom. The standard InChI is InChI=1S/C15H13ClN4O/c1-8-5-10(6-9(2)18-8)14-19-15(21-20-14)12-7-11(17)3-4-13(12)16/h3-7H,17H2,1-2H3. The lowest BCUT2D eigenvalue weighted by Gasteiger charge is -2.00. The Labute approximate surface area is 126 Å². The van der Waals surface area contributed by atoms with Gasteiger partial charge in [-0.05, 0) is 44.2 Å². The molecule has 2 N–H and O–H groups in total.